The van der Waals surface area contributed by atoms with E-state index in [4.69, 9.17) is 10.3 Å². The van der Waals surface area contributed by atoms with Crippen molar-refractivity contribution in [2.75, 3.05) is 5.73 Å². The molecule has 0 saturated carbocycles. The Morgan fingerprint density at radius 3 is 2.74 bits per heavy atom. The fourth-order valence-electron chi connectivity index (χ4n) is 3.33. The van der Waals surface area contributed by atoms with Crippen molar-refractivity contribution in [3.63, 3.8) is 0 Å². The Labute approximate surface area is 176 Å². The molecular weight excluding hydrogens is 396 g/mol. The van der Waals surface area contributed by atoms with Crippen molar-refractivity contribution in [2.24, 2.45) is 0 Å². The topological polar surface area (TPSA) is 163 Å². The smallest absolute Gasteiger partial charge is 0.268 e. The fourth-order valence-corrected chi connectivity index (χ4v) is 3.33. The molecule has 3 heterocycles. The number of aryl methyl sites for hydroxylation is 1. The van der Waals surface area contributed by atoms with Crippen LogP contribution in [-0.4, -0.2) is 24.7 Å². The van der Waals surface area contributed by atoms with E-state index in [9.17, 15) is 15.3 Å². The summed E-state index contributed by atoms with van der Waals surface area (Å²) in [5, 5.41) is 23.0. The molecule has 3 N–H and O–H groups in total. The minimum Gasteiger partial charge on any atom is -0.384 e. The number of nitrogens with zero attached hydrogens (tertiary/aromatic N) is 6. The SMILES string of the molecule is CCc1nccn1Cc1nc(-c2cccc(-c3c(C#N)c(N)[nH]c(=O)c3C#N)c2)no1. The first kappa shape index (κ1) is 19.6. The van der Waals surface area contributed by atoms with E-state index in [0.717, 1.165) is 12.2 Å². The summed E-state index contributed by atoms with van der Waals surface area (Å²) in [6.07, 6.45) is 4.33. The third-order valence-corrected chi connectivity index (χ3v) is 4.77. The van der Waals surface area contributed by atoms with Gasteiger partial charge in [0, 0.05) is 29.9 Å². The third kappa shape index (κ3) is 3.54. The lowest BCUT2D eigenvalue weighted by atomic mass is 9.95. The molecule has 10 heteroatoms. The van der Waals surface area contributed by atoms with Gasteiger partial charge in [0.25, 0.3) is 5.56 Å². The molecule has 0 aliphatic heterocycles. The fraction of sp³-hybridized carbons (Fsp3) is 0.143. The normalized spacial score (nSPS) is 10.5. The molecular formula is C21H16N8O2. The molecule has 0 bridgehead atoms. The molecule has 152 valence electrons. The van der Waals surface area contributed by atoms with Crippen molar-refractivity contribution in [2.45, 2.75) is 19.9 Å². The van der Waals surface area contributed by atoms with Crippen LogP contribution in [0.4, 0.5) is 5.82 Å². The maximum atomic E-state index is 12.2. The first-order valence-electron chi connectivity index (χ1n) is 9.35. The van der Waals surface area contributed by atoms with Crippen molar-refractivity contribution in [1.29, 1.82) is 10.5 Å². The van der Waals surface area contributed by atoms with E-state index < -0.39 is 5.56 Å². The van der Waals surface area contributed by atoms with E-state index in [1.54, 1.807) is 30.5 Å². The van der Waals surface area contributed by atoms with Gasteiger partial charge in [0.2, 0.25) is 11.7 Å². The van der Waals surface area contributed by atoms with Gasteiger partial charge in [-0.25, -0.2) is 4.98 Å². The highest BCUT2D eigenvalue weighted by atomic mass is 16.5. The number of H-pyrrole nitrogens is 1. The average Bonchev–Trinajstić information content (AvgIpc) is 3.43. The molecule has 0 fully saturated rings. The van der Waals surface area contributed by atoms with Gasteiger partial charge in [-0.15, -0.1) is 0 Å². The Morgan fingerprint density at radius 2 is 2.00 bits per heavy atom. The van der Waals surface area contributed by atoms with Crippen LogP contribution in [0.3, 0.4) is 0 Å². The molecule has 31 heavy (non-hydrogen) atoms. The first-order chi connectivity index (χ1) is 15.0. The van der Waals surface area contributed by atoms with Crippen LogP contribution in [0.15, 0.2) is 46.0 Å². The third-order valence-electron chi connectivity index (χ3n) is 4.77. The summed E-state index contributed by atoms with van der Waals surface area (Å²) in [4.78, 5) is 23.2. The molecule has 0 atom stereocenters. The van der Waals surface area contributed by atoms with Gasteiger partial charge in [-0.05, 0) is 11.6 Å². The zero-order valence-electron chi connectivity index (χ0n) is 16.5. The van der Waals surface area contributed by atoms with Crippen molar-refractivity contribution in [3.8, 4) is 34.7 Å². The molecule has 0 saturated heterocycles. The van der Waals surface area contributed by atoms with Crippen LogP contribution >= 0.6 is 0 Å². The summed E-state index contributed by atoms with van der Waals surface area (Å²) < 4.78 is 7.30. The quantitative estimate of drug-likeness (QED) is 0.504. The molecule has 0 amide bonds. The Morgan fingerprint density at radius 1 is 1.23 bits per heavy atom. The van der Waals surface area contributed by atoms with Gasteiger partial charge in [0.15, 0.2) is 0 Å². The van der Waals surface area contributed by atoms with E-state index in [2.05, 4.69) is 20.1 Å². The highest BCUT2D eigenvalue weighted by molar-refractivity contribution is 5.82. The van der Waals surface area contributed by atoms with Crippen molar-refractivity contribution < 1.29 is 4.52 Å². The summed E-state index contributed by atoms with van der Waals surface area (Å²) in [6, 6.07) is 10.7. The molecule has 4 aromatic rings. The maximum absolute atomic E-state index is 12.2. The molecule has 3 aromatic heterocycles. The van der Waals surface area contributed by atoms with Crippen LogP contribution in [0, 0.1) is 22.7 Å². The van der Waals surface area contributed by atoms with E-state index in [1.165, 1.54) is 0 Å². The summed E-state index contributed by atoms with van der Waals surface area (Å²) >= 11 is 0. The van der Waals surface area contributed by atoms with Gasteiger partial charge in [0.1, 0.15) is 41.5 Å². The minimum absolute atomic E-state index is 0.0225. The Hall–Kier alpha value is -4.70. The highest BCUT2D eigenvalue weighted by Crippen LogP contribution is 2.30. The molecule has 0 spiro atoms. The number of anilines is 1. The zero-order chi connectivity index (χ0) is 22.0. The van der Waals surface area contributed by atoms with Gasteiger partial charge in [-0.1, -0.05) is 30.3 Å². The van der Waals surface area contributed by atoms with Gasteiger partial charge < -0.3 is 19.8 Å². The number of aromatic amines is 1. The summed E-state index contributed by atoms with van der Waals surface area (Å²) in [5.41, 5.74) is 6.21. The molecule has 0 radical (unpaired) electrons. The number of nitriles is 2. The number of rotatable bonds is 5. The van der Waals surface area contributed by atoms with E-state index in [0.29, 0.717) is 29.4 Å². The second-order valence-corrected chi connectivity index (χ2v) is 6.63. The lowest BCUT2D eigenvalue weighted by Crippen LogP contribution is -2.16. The standard InChI is InChI=1S/C21H16N8O2/c1-2-16-25-6-7-29(16)11-17-26-20(28-31-17)13-5-3-4-12(8-13)18-14(9-22)19(24)27-21(30)15(18)10-23/h3-8H,2,11H2,1H3,(H3,24,27,30). The second kappa shape index (κ2) is 7.97. The number of nitrogens with two attached hydrogens (primary N) is 1. The molecule has 0 aliphatic rings. The van der Waals surface area contributed by atoms with E-state index >= 15 is 0 Å². The summed E-state index contributed by atoms with van der Waals surface area (Å²) in [6.45, 7) is 2.40. The number of imidazole rings is 1. The number of pyridine rings is 1. The lowest BCUT2D eigenvalue weighted by Gasteiger charge is -2.09. The monoisotopic (exact) mass is 412 g/mol. The predicted molar refractivity (Wildman–Crippen MR) is 110 cm³/mol. The Balaban J connectivity index is 1.75. The van der Waals surface area contributed by atoms with Crippen LogP contribution in [-0.2, 0) is 13.0 Å². The van der Waals surface area contributed by atoms with Crippen molar-refractivity contribution in [3.05, 3.63) is 69.9 Å². The van der Waals surface area contributed by atoms with Crippen LogP contribution < -0.4 is 11.3 Å². The molecule has 0 unspecified atom stereocenters. The van der Waals surface area contributed by atoms with Gasteiger partial charge in [0.05, 0.1) is 0 Å². The second-order valence-electron chi connectivity index (χ2n) is 6.63. The lowest BCUT2D eigenvalue weighted by molar-refractivity contribution is 0.370. The number of nitrogens with one attached hydrogen (secondary N) is 1. The maximum Gasteiger partial charge on any atom is 0.268 e. The number of nitrogen functional groups attached to an aromatic ring is 1. The largest absolute Gasteiger partial charge is 0.384 e. The van der Waals surface area contributed by atoms with E-state index in [-0.39, 0.29) is 22.5 Å². The van der Waals surface area contributed by atoms with Gasteiger partial charge >= 0.3 is 0 Å². The number of hydrogen-bond donors (Lipinski definition) is 2. The van der Waals surface area contributed by atoms with Crippen LogP contribution in [0.25, 0.3) is 22.5 Å². The number of hydrogen-bond acceptors (Lipinski definition) is 8. The zero-order valence-corrected chi connectivity index (χ0v) is 16.5. The number of aromatic nitrogens is 5. The van der Waals surface area contributed by atoms with E-state index in [1.807, 2.05) is 29.8 Å². The van der Waals surface area contributed by atoms with Gasteiger partial charge in [-0.3, -0.25) is 4.79 Å². The van der Waals surface area contributed by atoms with Gasteiger partial charge in [-0.2, -0.15) is 15.5 Å². The number of benzene rings is 1. The predicted octanol–water partition coefficient (Wildman–Crippen LogP) is 2.22. The summed E-state index contributed by atoms with van der Waals surface area (Å²) in [5.74, 6) is 1.55. The first-order valence-corrected chi connectivity index (χ1v) is 9.35. The Kier molecular flexibility index (Phi) is 5.04. The van der Waals surface area contributed by atoms with Crippen LogP contribution in [0.5, 0.6) is 0 Å². The molecule has 1 aromatic carbocycles. The highest BCUT2D eigenvalue weighted by Gasteiger charge is 2.19. The molecule has 4 rings (SSSR count). The van der Waals surface area contributed by atoms with Crippen LogP contribution in [0.1, 0.15) is 29.8 Å². The average molecular weight is 412 g/mol. The van der Waals surface area contributed by atoms with Crippen molar-refractivity contribution in [1.82, 2.24) is 24.7 Å². The van der Waals surface area contributed by atoms with Crippen LogP contribution in [0.2, 0.25) is 0 Å². The molecule has 10 nitrogen and oxygen atoms in total. The molecule has 0 aliphatic carbocycles. The summed E-state index contributed by atoms with van der Waals surface area (Å²) in [7, 11) is 0. The minimum atomic E-state index is -0.659. The van der Waals surface area contributed by atoms with Crippen molar-refractivity contribution >= 4 is 5.82 Å². The Bertz CT molecular complexity index is 1410.